The number of hydrogen-bond donors (Lipinski definition) is 3. The van der Waals surface area contributed by atoms with Crippen molar-refractivity contribution in [1.29, 1.82) is 0 Å². The molecule has 1 fully saturated rings. The number of imidazole rings is 1. The van der Waals surface area contributed by atoms with Gasteiger partial charge in [-0.3, -0.25) is 4.57 Å². The smallest absolute Gasteiger partial charge is 0.263 e. The van der Waals surface area contributed by atoms with Gasteiger partial charge >= 0.3 is 0 Å². The standard InChI is InChI=1S/C18H19F2N5O3/c1-9-13(26)14(27)18(28-9)25-8-24-12-16(22-7-23-17(12)25)21-6-10-3-2-4-11(5-10)15(19)20/h2-5,7-9,13-15,18,26-27H,6H2,1H3,(H,21,22,23)/t9-,13-,14-,18-/m1/s1. The fourth-order valence-corrected chi connectivity index (χ4v) is 3.25. The summed E-state index contributed by atoms with van der Waals surface area (Å²) >= 11 is 0. The van der Waals surface area contributed by atoms with E-state index in [1.165, 1.54) is 29.4 Å². The largest absolute Gasteiger partial charge is 0.388 e. The predicted molar refractivity (Wildman–Crippen MR) is 95.6 cm³/mol. The lowest BCUT2D eigenvalue weighted by Gasteiger charge is -2.16. The van der Waals surface area contributed by atoms with E-state index >= 15 is 0 Å². The van der Waals surface area contributed by atoms with Gasteiger partial charge < -0.3 is 20.3 Å². The van der Waals surface area contributed by atoms with Crippen LogP contribution in [0.3, 0.4) is 0 Å². The van der Waals surface area contributed by atoms with Gasteiger partial charge in [0.2, 0.25) is 0 Å². The minimum Gasteiger partial charge on any atom is -0.388 e. The molecule has 0 unspecified atom stereocenters. The van der Waals surface area contributed by atoms with Gasteiger partial charge in [-0.15, -0.1) is 0 Å². The molecule has 2 aromatic heterocycles. The Hall–Kier alpha value is -2.69. The van der Waals surface area contributed by atoms with Gasteiger partial charge in [-0.05, 0) is 18.6 Å². The van der Waals surface area contributed by atoms with Crippen molar-refractivity contribution in [1.82, 2.24) is 19.5 Å². The summed E-state index contributed by atoms with van der Waals surface area (Å²) in [5.74, 6) is 0.423. The van der Waals surface area contributed by atoms with Crippen LogP contribution in [0.5, 0.6) is 0 Å². The molecule has 0 radical (unpaired) electrons. The van der Waals surface area contributed by atoms with Crippen molar-refractivity contribution < 1.29 is 23.7 Å². The lowest BCUT2D eigenvalue weighted by atomic mass is 10.1. The average molecular weight is 391 g/mol. The number of anilines is 1. The molecule has 0 bridgehead atoms. The first-order valence-corrected chi connectivity index (χ1v) is 8.75. The van der Waals surface area contributed by atoms with E-state index in [4.69, 9.17) is 4.74 Å². The highest BCUT2D eigenvalue weighted by Gasteiger charge is 2.42. The molecule has 0 saturated carbocycles. The SMILES string of the molecule is C[C@H]1O[C@@H](n2cnc3c(NCc4cccc(C(F)F)c4)ncnc32)[C@H](O)[C@@H]1O. The fourth-order valence-electron chi connectivity index (χ4n) is 3.25. The van der Waals surface area contributed by atoms with Crippen molar-refractivity contribution in [3.05, 3.63) is 48.0 Å². The van der Waals surface area contributed by atoms with E-state index in [2.05, 4.69) is 20.3 Å². The van der Waals surface area contributed by atoms with Crippen LogP contribution in [0.1, 0.15) is 30.7 Å². The first kappa shape index (κ1) is 18.7. The number of aliphatic hydroxyl groups excluding tert-OH is 2. The number of halogens is 2. The van der Waals surface area contributed by atoms with E-state index in [9.17, 15) is 19.0 Å². The second kappa shape index (κ2) is 7.38. The summed E-state index contributed by atoms with van der Waals surface area (Å²) in [6, 6.07) is 6.12. The molecule has 28 heavy (non-hydrogen) atoms. The molecular weight excluding hydrogens is 372 g/mol. The normalized spacial score (nSPS) is 24.9. The highest BCUT2D eigenvalue weighted by molar-refractivity contribution is 5.82. The van der Waals surface area contributed by atoms with Gasteiger partial charge in [-0.2, -0.15) is 0 Å². The Labute approximate surface area is 158 Å². The van der Waals surface area contributed by atoms with Crippen LogP contribution in [0.2, 0.25) is 0 Å². The minimum absolute atomic E-state index is 0.0449. The van der Waals surface area contributed by atoms with Crippen LogP contribution in [0, 0.1) is 0 Å². The minimum atomic E-state index is -2.53. The maximum Gasteiger partial charge on any atom is 0.263 e. The van der Waals surface area contributed by atoms with Gasteiger partial charge in [-0.1, -0.05) is 18.2 Å². The Kier molecular flexibility index (Phi) is 4.92. The van der Waals surface area contributed by atoms with Crippen molar-refractivity contribution in [2.24, 2.45) is 0 Å². The Morgan fingerprint density at radius 3 is 2.75 bits per heavy atom. The number of benzene rings is 1. The van der Waals surface area contributed by atoms with Crippen LogP contribution < -0.4 is 5.32 Å². The molecule has 148 valence electrons. The van der Waals surface area contributed by atoms with Crippen molar-refractivity contribution in [3.63, 3.8) is 0 Å². The number of ether oxygens (including phenoxy) is 1. The molecule has 1 aliphatic heterocycles. The van der Waals surface area contributed by atoms with Crippen molar-refractivity contribution in [3.8, 4) is 0 Å². The van der Waals surface area contributed by atoms with Crippen LogP contribution in [-0.4, -0.2) is 48.0 Å². The molecular formula is C18H19F2N5O3. The van der Waals surface area contributed by atoms with E-state index in [0.717, 1.165) is 0 Å². The summed E-state index contributed by atoms with van der Waals surface area (Å²) in [6.45, 7) is 1.94. The summed E-state index contributed by atoms with van der Waals surface area (Å²) in [5.41, 5.74) is 1.49. The molecule has 0 amide bonds. The predicted octanol–water partition coefficient (Wildman–Crippen LogP) is 2.02. The first-order chi connectivity index (χ1) is 13.5. The zero-order valence-corrected chi connectivity index (χ0v) is 14.9. The average Bonchev–Trinajstić information content (AvgIpc) is 3.23. The number of fused-ring (bicyclic) bond motifs is 1. The maximum absolute atomic E-state index is 12.9. The zero-order valence-electron chi connectivity index (χ0n) is 14.9. The van der Waals surface area contributed by atoms with E-state index < -0.39 is 31.0 Å². The fraction of sp³-hybridized carbons (Fsp3) is 0.389. The highest BCUT2D eigenvalue weighted by atomic mass is 19.3. The highest BCUT2D eigenvalue weighted by Crippen LogP contribution is 2.32. The number of hydrogen-bond acceptors (Lipinski definition) is 7. The molecule has 1 saturated heterocycles. The second-order valence-corrected chi connectivity index (χ2v) is 6.66. The maximum atomic E-state index is 12.9. The van der Waals surface area contributed by atoms with Crippen LogP contribution in [0.4, 0.5) is 14.6 Å². The number of alkyl halides is 2. The molecule has 3 aromatic rings. The molecule has 1 aliphatic rings. The third-order valence-corrected chi connectivity index (χ3v) is 4.77. The molecule has 4 rings (SSSR count). The molecule has 1 aromatic carbocycles. The molecule has 0 aliphatic carbocycles. The summed E-state index contributed by atoms with van der Waals surface area (Å²) in [4.78, 5) is 12.7. The van der Waals surface area contributed by atoms with Crippen LogP contribution in [0.15, 0.2) is 36.9 Å². The number of aliphatic hydroxyl groups is 2. The second-order valence-electron chi connectivity index (χ2n) is 6.66. The number of aromatic nitrogens is 4. The third-order valence-electron chi connectivity index (χ3n) is 4.77. The molecule has 8 nitrogen and oxygen atoms in total. The first-order valence-electron chi connectivity index (χ1n) is 8.75. The quantitative estimate of drug-likeness (QED) is 0.611. The van der Waals surface area contributed by atoms with E-state index in [-0.39, 0.29) is 12.1 Å². The van der Waals surface area contributed by atoms with E-state index in [1.54, 1.807) is 19.1 Å². The number of nitrogens with zero attached hydrogens (tertiary/aromatic N) is 4. The molecule has 10 heteroatoms. The Balaban J connectivity index is 1.58. The lowest BCUT2D eigenvalue weighted by molar-refractivity contribution is -0.0299. The van der Waals surface area contributed by atoms with Crippen LogP contribution in [0.25, 0.3) is 11.2 Å². The van der Waals surface area contributed by atoms with Gasteiger partial charge in [0.05, 0.1) is 12.4 Å². The van der Waals surface area contributed by atoms with Gasteiger partial charge in [0, 0.05) is 12.1 Å². The number of nitrogens with one attached hydrogen (secondary N) is 1. The van der Waals surface area contributed by atoms with Crippen molar-refractivity contribution in [2.75, 3.05) is 5.32 Å². The monoisotopic (exact) mass is 391 g/mol. The Bertz CT molecular complexity index is 983. The molecule has 3 heterocycles. The van der Waals surface area contributed by atoms with Crippen LogP contribution >= 0.6 is 0 Å². The number of rotatable bonds is 5. The summed E-state index contributed by atoms with van der Waals surface area (Å²) in [5, 5.41) is 23.2. The summed E-state index contributed by atoms with van der Waals surface area (Å²) < 4.78 is 32.9. The topological polar surface area (TPSA) is 105 Å². The molecule has 0 spiro atoms. The Morgan fingerprint density at radius 1 is 1.21 bits per heavy atom. The van der Waals surface area contributed by atoms with Crippen LogP contribution in [-0.2, 0) is 11.3 Å². The van der Waals surface area contributed by atoms with E-state index in [0.29, 0.717) is 22.5 Å². The van der Waals surface area contributed by atoms with Crippen molar-refractivity contribution in [2.45, 2.75) is 44.4 Å². The molecule has 4 atom stereocenters. The van der Waals surface area contributed by atoms with Crippen molar-refractivity contribution >= 4 is 17.0 Å². The molecule has 3 N–H and O–H groups in total. The van der Waals surface area contributed by atoms with E-state index in [1.807, 2.05) is 0 Å². The Morgan fingerprint density at radius 2 is 2.04 bits per heavy atom. The van der Waals surface area contributed by atoms with Gasteiger partial charge in [0.15, 0.2) is 23.2 Å². The third kappa shape index (κ3) is 3.30. The summed E-state index contributed by atoms with van der Waals surface area (Å²) in [6.07, 6.45) is -3.21. The van der Waals surface area contributed by atoms with Gasteiger partial charge in [0.25, 0.3) is 6.43 Å². The lowest BCUT2D eigenvalue weighted by Crippen LogP contribution is -2.30. The zero-order chi connectivity index (χ0) is 19.8. The summed E-state index contributed by atoms with van der Waals surface area (Å²) in [7, 11) is 0. The van der Waals surface area contributed by atoms with Gasteiger partial charge in [0.1, 0.15) is 18.5 Å². The van der Waals surface area contributed by atoms with Gasteiger partial charge in [-0.25, -0.2) is 23.7 Å².